The Morgan fingerprint density at radius 2 is 1.76 bits per heavy atom. The fourth-order valence-corrected chi connectivity index (χ4v) is 1.79. The van der Waals surface area contributed by atoms with Crippen molar-refractivity contribution in [3.63, 3.8) is 0 Å². The molecule has 2 rings (SSSR count). The van der Waals surface area contributed by atoms with E-state index in [2.05, 4.69) is 10.3 Å². The van der Waals surface area contributed by atoms with Crippen molar-refractivity contribution in [1.29, 1.82) is 0 Å². The molecule has 2 aromatic carbocycles. The van der Waals surface area contributed by atoms with E-state index in [4.69, 9.17) is 5.73 Å². The van der Waals surface area contributed by atoms with Crippen LogP contribution in [0.3, 0.4) is 0 Å². The minimum absolute atomic E-state index is 0. The van der Waals surface area contributed by atoms with Gasteiger partial charge < -0.3 is 16.2 Å². The van der Waals surface area contributed by atoms with Gasteiger partial charge in [-0.15, -0.1) is 24.0 Å². The van der Waals surface area contributed by atoms with E-state index in [9.17, 15) is 5.11 Å². The summed E-state index contributed by atoms with van der Waals surface area (Å²) in [7, 11) is 0. The molecule has 0 aliphatic heterocycles. The first-order chi connectivity index (χ1) is 9.65. The molecule has 4 N–H and O–H groups in total. The number of hydrogen-bond donors (Lipinski definition) is 3. The molecule has 1 unspecified atom stereocenters. The normalized spacial score (nSPS) is 12.4. The third-order valence-corrected chi connectivity index (χ3v) is 2.94. The Morgan fingerprint density at radius 1 is 1.14 bits per heavy atom. The molecule has 2 aromatic rings. The molecule has 0 aliphatic carbocycles. The maximum atomic E-state index is 10.0. The minimum atomic E-state index is -0.647. The highest BCUT2D eigenvalue weighted by Crippen LogP contribution is 2.14. The smallest absolute Gasteiger partial charge is 0.193 e. The Labute approximate surface area is 142 Å². The van der Waals surface area contributed by atoms with E-state index >= 15 is 0 Å². The van der Waals surface area contributed by atoms with E-state index < -0.39 is 6.10 Å². The molecule has 0 heterocycles. The molecule has 4 nitrogen and oxygen atoms in total. The maximum Gasteiger partial charge on any atom is 0.193 e. The molecule has 0 bridgehead atoms. The molecule has 0 spiro atoms. The van der Waals surface area contributed by atoms with E-state index in [1.54, 1.807) is 0 Å². The number of para-hydroxylation sites is 1. The number of anilines is 1. The van der Waals surface area contributed by atoms with Crippen LogP contribution in [-0.4, -0.2) is 17.6 Å². The van der Waals surface area contributed by atoms with Crippen molar-refractivity contribution in [3.8, 4) is 0 Å². The predicted octanol–water partition coefficient (Wildman–Crippen LogP) is 3.07. The SMILES string of the molecule is Cc1ccc(C(O)CN=C(N)Nc2ccccc2)cc1.I. The summed E-state index contributed by atoms with van der Waals surface area (Å²) in [5.74, 6) is 0.294. The Kier molecular flexibility index (Phi) is 7.18. The highest BCUT2D eigenvalue weighted by molar-refractivity contribution is 14.0. The zero-order valence-electron chi connectivity index (χ0n) is 11.9. The number of halogens is 1. The quantitative estimate of drug-likeness (QED) is 0.422. The molecule has 5 heteroatoms. The van der Waals surface area contributed by atoms with E-state index in [0.29, 0.717) is 5.96 Å². The number of rotatable bonds is 4. The number of aliphatic hydroxyl groups excluding tert-OH is 1. The van der Waals surface area contributed by atoms with Crippen molar-refractivity contribution < 1.29 is 5.11 Å². The van der Waals surface area contributed by atoms with Crippen molar-refractivity contribution in [2.24, 2.45) is 10.7 Å². The van der Waals surface area contributed by atoms with Crippen molar-refractivity contribution in [2.45, 2.75) is 13.0 Å². The van der Waals surface area contributed by atoms with Gasteiger partial charge in [0.1, 0.15) is 0 Å². The molecular weight excluding hydrogens is 377 g/mol. The number of hydrogen-bond acceptors (Lipinski definition) is 2. The second-order valence-corrected chi connectivity index (χ2v) is 4.64. The molecular formula is C16H20IN3O. The fourth-order valence-electron chi connectivity index (χ4n) is 1.79. The Morgan fingerprint density at radius 3 is 2.38 bits per heavy atom. The molecule has 0 saturated heterocycles. The summed E-state index contributed by atoms with van der Waals surface area (Å²) in [5, 5.41) is 13.0. The van der Waals surface area contributed by atoms with Crippen LogP contribution in [0, 0.1) is 6.92 Å². The second kappa shape index (κ2) is 8.63. The van der Waals surface area contributed by atoms with Crippen LogP contribution < -0.4 is 11.1 Å². The number of benzene rings is 2. The van der Waals surface area contributed by atoms with Gasteiger partial charge in [0.05, 0.1) is 12.6 Å². The predicted molar refractivity (Wildman–Crippen MR) is 98.1 cm³/mol. The van der Waals surface area contributed by atoms with Crippen LogP contribution in [0.5, 0.6) is 0 Å². The summed E-state index contributed by atoms with van der Waals surface area (Å²) in [4.78, 5) is 4.15. The molecule has 0 saturated carbocycles. The minimum Gasteiger partial charge on any atom is -0.386 e. The van der Waals surface area contributed by atoms with E-state index in [1.165, 1.54) is 0 Å². The van der Waals surface area contributed by atoms with Gasteiger partial charge in [-0.25, -0.2) is 0 Å². The first kappa shape index (κ1) is 17.5. The van der Waals surface area contributed by atoms with Gasteiger partial charge >= 0.3 is 0 Å². The average Bonchev–Trinajstić information content (AvgIpc) is 2.46. The van der Waals surface area contributed by atoms with Crippen LogP contribution in [0.15, 0.2) is 59.6 Å². The third-order valence-electron chi connectivity index (χ3n) is 2.94. The van der Waals surface area contributed by atoms with Crippen LogP contribution in [0.4, 0.5) is 5.69 Å². The zero-order chi connectivity index (χ0) is 14.4. The van der Waals surface area contributed by atoms with Crippen molar-refractivity contribution in [3.05, 3.63) is 65.7 Å². The van der Waals surface area contributed by atoms with Crippen molar-refractivity contribution in [1.82, 2.24) is 0 Å². The van der Waals surface area contributed by atoms with Gasteiger partial charge in [0.25, 0.3) is 0 Å². The Balaban J connectivity index is 0.00000220. The van der Waals surface area contributed by atoms with Gasteiger partial charge in [0.15, 0.2) is 5.96 Å². The molecule has 112 valence electrons. The lowest BCUT2D eigenvalue weighted by Gasteiger charge is -2.10. The highest BCUT2D eigenvalue weighted by atomic mass is 127. The lowest BCUT2D eigenvalue weighted by Crippen LogP contribution is -2.23. The first-order valence-electron chi connectivity index (χ1n) is 6.52. The van der Waals surface area contributed by atoms with Gasteiger partial charge in [0, 0.05) is 5.69 Å². The van der Waals surface area contributed by atoms with Gasteiger partial charge in [0.2, 0.25) is 0 Å². The van der Waals surface area contributed by atoms with E-state index in [0.717, 1.165) is 16.8 Å². The number of guanidine groups is 1. The number of aliphatic imine (C=N–C) groups is 1. The number of nitrogens with one attached hydrogen (secondary N) is 1. The number of aliphatic hydroxyl groups is 1. The first-order valence-corrected chi connectivity index (χ1v) is 6.52. The summed E-state index contributed by atoms with van der Waals surface area (Å²) >= 11 is 0. The topological polar surface area (TPSA) is 70.6 Å². The lowest BCUT2D eigenvalue weighted by atomic mass is 10.1. The molecule has 0 aromatic heterocycles. The van der Waals surface area contributed by atoms with E-state index in [1.807, 2.05) is 61.5 Å². The van der Waals surface area contributed by atoms with Crippen LogP contribution in [0.1, 0.15) is 17.2 Å². The number of nitrogens with zero attached hydrogens (tertiary/aromatic N) is 1. The monoisotopic (exact) mass is 397 g/mol. The number of nitrogens with two attached hydrogens (primary N) is 1. The molecule has 0 aliphatic rings. The molecule has 0 amide bonds. The molecule has 0 fully saturated rings. The second-order valence-electron chi connectivity index (χ2n) is 4.64. The average molecular weight is 397 g/mol. The zero-order valence-corrected chi connectivity index (χ0v) is 14.2. The lowest BCUT2D eigenvalue weighted by molar-refractivity contribution is 0.187. The summed E-state index contributed by atoms with van der Waals surface area (Å²) in [6, 6.07) is 17.3. The van der Waals surface area contributed by atoms with Gasteiger partial charge in [-0.2, -0.15) is 0 Å². The van der Waals surface area contributed by atoms with Gasteiger partial charge in [-0.1, -0.05) is 48.0 Å². The highest BCUT2D eigenvalue weighted by Gasteiger charge is 2.06. The van der Waals surface area contributed by atoms with E-state index in [-0.39, 0.29) is 30.5 Å². The fraction of sp³-hybridized carbons (Fsp3) is 0.188. The van der Waals surface area contributed by atoms with Crippen LogP contribution in [-0.2, 0) is 0 Å². The molecule has 0 radical (unpaired) electrons. The van der Waals surface area contributed by atoms with Gasteiger partial charge in [-0.05, 0) is 24.6 Å². The standard InChI is InChI=1S/C16H19N3O.HI/c1-12-7-9-13(10-8-12)15(20)11-18-16(17)19-14-5-3-2-4-6-14;/h2-10,15,20H,11H2,1H3,(H3,17,18,19);1H. The summed E-state index contributed by atoms with van der Waals surface area (Å²) < 4.78 is 0. The van der Waals surface area contributed by atoms with Crippen LogP contribution in [0.25, 0.3) is 0 Å². The molecule has 21 heavy (non-hydrogen) atoms. The van der Waals surface area contributed by atoms with Crippen molar-refractivity contribution >= 4 is 35.6 Å². The Hall–Kier alpha value is -1.60. The summed E-state index contributed by atoms with van der Waals surface area (Å²) in [5.41, 5.74) is 8.66. The Bertz CT molecular complexity index is 570. The third kappa shape index (κ3) is 5.73. The van der Waals surface area contributed by atoms with Crippen LogP contribution in [0.2, 0.25) is 0 Å². The summed E-state index contributed by atoms with van der Waals surface area (Å²) in [6.07, 6.45) is -0.647. The largest absolute Gasteiger partial charge is 0.386 e. The van der Waals surface area contributed by atoms with Crippen LogP contribution >= 0.6 is 24.0 Å². The number of aryl methyl sites for hydroxylation is 1. The maximum absolute atomic E-state index is 10.0. The molecule has 1 atom stereocenters. The summed E-state index contributed by atoms with van der Waals surface area (Å²) in [6.45, 7) is 2.24. The van der Waals surface area contributed by atoms with Gasteiger partial charge in [-0.3, -0.25) is 4.99 Å². The van der Waals surface area contributed by atoms with Crippen molar-refractivity contribution in [2.75, 3.05) is 11.9 Å².